The zero-order chi connectivity index (χ0) is 14.5. The zero-order valence-electron chi connectivity index (χ0n) is 12.0. The zero-order valence-corrected chi connectivity index (χ0v) is 12.0. The molecule has 110 valence electrons. The molecular weight excluding hydrogens is 246 g/mol. The van der Waals surface area contributed by atoms with Gasteiger partial charge in [0.25, 0.3) is 0 Å². The lowest BCUT2D eigenvalue weighted by molar-refractivity contribution is -0.125. The first kappa shape index (κ1) is 15.8. The molecule has 1 fully saturated rings. The van der Waals surface area contributed by atoms with E-state index in [1.807, 2.05) is 13.8 Å². The minimum absolute atomic E-state index is 0.0316. The number of amides is 1. The van der Waals surface area contributed by atoms with Crippen molar-refractivity contribution in [3.05, 3.63) is 0 Å². The van der Waals surface area contributed by atoms with Crippen molar-refractivity contribution in [3.8, 4) is 0 Å². The highest BCUT2D eigenvalue weighted by molar-refractivity contribution is 5.93. The molecule has 1 saturated carbocycles. The highest BCUT2D eigenvalue weighted by Gasteiger charge is 2.34. The fourth-order valence-electron chi connectivity index (χ4n) is 2.28. The van der Waals surface area contributed by atoms with Gasteiger partial charge in [0.2, 0.25) is 5.91 Å². The van der Waals surface area contributed by atoms with Crippen molar-refractivity contribution < 1.29 is 14.7 Å². The summed E-state index contributed by atoms with van der Waals surface area (Å²) < 4.78 is 5.46. The van der Waals surface area contributed by atoms with Crippen LogP contribution in [0, 0.1) is 5.92 Å². The van der Waals surface area contributed by atoms with Crippen molar-refractivity contribution in [2.45, 2.75) is 58.1 Å². The van der Waals surface area contributed by atoms with Crippen molar-refractivity contribution >= 4 is 11.7 Å². The molecule has 1 aliphatic carbocycles. The van der Waals surface area contributed by atoms with Crippen LogP contribution in [0.25, 0.3) is 0 Å². The van der Waals surface area contributed by atoms with E-state index in [2.05, 4.69) is 10.5 Å². The van der Waals surface area contributed by atoms with Crippen LogP contribution in [0.5, 0.6) is 0 Å². The standard InChI is InChI=1S/C13H25N3O3/c1-4-13(3,12(14)16-18)15-11(17)8-9-6-10(7-9)19-5-2/h9-10,18H,4-8H2,1-3H3,(H2,14,16)(H,15,17). The number of oxime groups is 1. The Morgan fingerprint density at radius 1 is 1.53 bits per heavy atom. The first-order valence-electron chi connectivity index (χ1n) is 6.85. The number of amidine groups is 1. The molecule has 0 spiro atoms. The summed E-state index contributed by atoms with van der Waals surface area (Å²) in [6.07, 6.45) is 3.23. The van der Waals surface area contributed by atoms with Crippen molar-refractivity contribution in [1.82, 2.24) is 5.32 Å². The Bertz CT molecular complexity index is 340. The Labute approximate surface area is 114 Å². The van der Waals surface area contributed by atoms with Crippen molar-refractivity contribution in [2.24, 2.45) is 16.8 Å². The minimum atomic E-state index is -0.783. The Kier molecular flexibility index (Phi) is 5.60. The van der Waals surface area contributed by atoms with Crippen LogP contribution in [0.4, 0.5) is 0 Å². The van der Waals surface area contributed by atoms with Gasteiger partial charge in [0.05, 0.1) is 11.6 Å². The normalized spacial score (nSPS) is 26.4. The number of carbonyl (C=O) groups excluding carboxylic acids is 1. The third-order valence-electron chi connectivity index (χ3n) is 3.86. The molecule has 0 bridgehead atoms. The summed E-state index contributed by atoms with van der Waals surface area (Å²) >= 11 is 0. The third kappa shape index (κ3) is 4.09. The van der Waals surface area contributed by atoms with E-state index in [-0.39, 0.29) is 11.7 Å². The van der Waals surface area contributed by atoms with Crippen LogP contribution in [0.2, 0.25) is 0 Å². The SMILES string of the molecule is CCOC1CC(CC(=O)NC(C)(CC)C(N)=NO)C1. The Morgan fingerprint density at radius 3 is 2.63 bits per heavy atom. The highest BCUT2D eigenvalue weighted by atomic mass is 16.5. The van der Waals surface area contributed by atoms with Crippen LogP contribution in [0.15, 0.2) is 5.16 Å². The highest BCUT2D eigenvalue weighted by Crippen LogP contribution is 2.32. The quantitative estimate of drug-likeness (QED) is 0.281. The van der Waals surface area contributed by atoms with E-state index in [1.54, 1.807) is 6.92 Å². The van der Waals surface area contributed by atoms with Crippen LogP contribution in [0.3, 0.4) is 0 Å². The van der Waals surface area contributed by atoms with Gasteiger partial charge in [-0.25, -0.2) is 0 Å². The van der Waals surface area contributed by atoms with E-state index < -0.39 is 5.54 Å². The summed E-state index contributed by atoms with van der Waals surface area (Å²) in [5.74, 6) is 0.352. The van der Waals surface area contributed by atoms with Gasteiger partial charge in [0, 0.05) is 13.0 Å². The molecule has 0 aromatic heterocycles. The van der Waals surface area contributed by atoms with E-state index >= 15 is 0 Å². The molecular formula is C13H25N3O3. The number of ether oxygens (including phenoxy) is 1. The summed E-state index contributed by atoms with van der Waals surface area (Å²) in [5.41, 5.74) is 4.83. The average Bonchev–Trinajstić information content (AvgIpc) is 2.35. The van der Waals surface area contributed by atoms with Gasteiger partial charge in [-0.2, -0.15) is 0 Å². The van der Waals surface area contributed by atoms with Gasteiger partial charge in [0.1, 0.15) is 0 Å². The van der Waals surface area contributed by atoms with Crippen molar-refractivity contribution in [2.75, 3.05) is 6.61 Å². The van der Waals surface area contributed by atoms with Crippen LogP contribution < -0.4 is 11.1 Å². The van der Waals surface area contributed by atoms with Gasteiger partial charge in [-0.3, -0.25) is 4.79 Å². The first-order chi connectivity index (χ1) is 8.95. The number of rotatable bonds is 7. The average molecular weight is 271 g/mol. The molecule has 1 amide bonds. The predicted octanol–water partition coefficient (Wildman–Crippen LogP) is 1.22. The number of hydrogen-bond acceptors (Lipinski definition) is 4. The van der Waals surface area contributed by atoms with Gasteiger partial charge in [0.15, 0.2) is 5.84 Å². The summed E-state index contributed by atoms with van der Waals surface area (Å²) in [4.78, 5) is 12.0. The molecule has 1 rings (SSSR count). The van der Waals surface area contributed by atoms with Gasteiger partial charge < -0.3 is 21.0 Å². The third-order valence-corrected chi connectivity index (χ3v) is 3.86. The van der Waals surface area contributed by atoms with E-state index in [0.29, 0.717) is 24.9 Å². The maximum absolute atomic E-state index is 12.0. The number of nitrogens with zero attached hydrogens (tertiary/aromatic N) is 1. The Hall–Kier alpha value is -1.30. The summed E-state index contributed by atoms with van der Waals surface area (Å²) in [6.45, 7) is 6.33. The molecule has 0 aliphatic heterocycles. The topological polar surface area (TPSA) is 96.9 Å². The fraction of sp³-hybridized carbons (Fsp3) is 0.846. The molecule has 1 atom stereocenters. The fourth-order valence-corrected chi connectivity index (χ4v) is 2.28. The lowest BCUT2D eigenvalue weighted by Gasteiger charge is -2.35. The van der Waals surface area contributed by atoms with Crippen LogP contribution in [0.1, 0.15) is 46.5 Å². The summed E-state index contributed by atoms with van der Waals surface area (Å²) in [6, 6.07) is 0. The minimum Gasteiger partial charge on any atom is -0.409 e. The molecule has 0 aromatic carbocycles. The Morgan fingerprint density at radius 2 is 2.16 bits per heavy atom. The first-order valence-corrected chi connectivity index (χ1v) is 6.85. The number of hydrogen-bond donors (Lipinski definition) is 3. The molecule has 6 nitrogen and oxygen atoms in total. The van der Waals surface area contributed by atoms with Gasteiger partial charge >= 0.3 is 0 Å². The molecule has 6 heteroatoms. The van der Waals surface area contributed by atoms with Crippen LogP contribution >= 0.6 is 0 Å². The molecule has 1 unspecified atom stereocenters. The summed E-state index contributed by atoms with van der Waals surface area (Å²) in [7, 11) is 0. The molecule has 0 aromatic rings. The van der Waals surface area contributed by atoms with Gasteiger partial charge in [-0.15, -0.1) is 0 Å². The molecule has 4 N–H and O–H groups in total. The lowest BCUT2D eigenvalue weighted by atomic mass is 9.79. The van der Waals surface area contributed by atoms with Crippen LogP contribution in [-0.4, -0.2) is 35.2 Å². The lowest BCUT2D eigenvalue weighted by Crippen LogP contribution is -2.55. The second kappa shape index (κ2) is 6.75. The van der Waals surface area contributed by atoms with Gasteiger partial charge in [-0.05, 0) is 39.0 Å². The smallest absolute Gasteiger partial charge is 0.221 e. The maximum atomic E-state index is 12.0. The van der Waals surface area contributed by atoms with E-state index in [1.165, 1.54) is 0 Å². The second-order valence-electron chi connectivity index (χ2n) is 5.34. The largest absolute Gasteiger partial charge is 0.409 e. The molecule has 0 radical (unpaired) electrons. The number of nitrogens with one attached hydrogen (secondary N) is 1. The summed E-state index contributed by atoms with van der Waals surface area (Å²) in [5, 5.41) is 14.6. The second-order valence-corrected chi connectivity index (χ2v) is 5.34. The van der Waals surface area contributed by atoms with Gasteiger partial charge in [-0.1, -0.05) is 12.1 Å². The van der Waals surface area contributed by atoms with Crippen LogP contribution in [-0.2, 0) is 9.53 Å². The molecule has 0 heterocycles. The molecule has 1 aliphatic rings. The molecule has 19 heavy (non-hydrogen) atoms. The number of nitrogens with two attached hydrogens (primary N) is 1. The Balaban J connectivity index is 2.39. The van der Waals surface area contributed by atoms with E-state index in [9.17, 15) is 4.79 Å². The number of carbonyl (C=O) groups is 1. The van der Waals surface area contributed by atoms with E-state index in [0.717, 1.165) is 19.4 Å². The monoisotopic (exact) mass is 271 g/mol. The predicted molar refractivity (Wildman–Crippen MR) is 73.0 cm³/mol. The van der Waals surface area contributed by atoms with Crippen molar-refractivity contribution in [1.29, 1.82) is 0 Å². The van der Waals surface area contributed by atoms with Crippen molar-refractivity contribution in [3.63, 3.8) is 0 Å². The maximum Gasteiger partial charge on any atom is 0.221 e. The molecule has 0 saturated heterocycles. The van der Waals surface area contributed by atoms with E-state index in [4.69, 9.17) is 15.7 Å².